The van der Waals surface area contributed by atoms with Gasteiger partial charge in [0.05, 0.1) is 18.6 Å². The van der Waals surface area contributed by atoms with Crippen LogP contribution in [0.25, 0.3) is 0 Å². The smallest absolute Gasteiger partial charge is 0.243 e. The fourth-order valence-electron chi connectivity index (χ4n) is 2.04. The van der Waals surface area contributed by atoms with Gasteiger partial charge in [0, 0.05) is 26.5 Å². The second-order valence-electron chi connectivity index (χ2n) is 4.85. The lowest BCUT2D eigenvalue weighted by atomic mass is 10.2. The van der Waals surface area contributed by atoms with Crippen LogP contribution < -0.4 is 4.74 Å². The van der Waals surface area contributed by atoms with E-state index in [1.165, 1.54) is 4.31 Å². The molecular weight excluding hydrogens is 290 g/mol. The molecule has 1 aromatic carbocycles. The summed E-state index contributed by atoms with van der Waals surface area (Å²) in [7, 11) is 1.37. The fourth-order valence-corrected chi connectivity index (χ4v) is 3.37. The van der Waals surface area contributed by atoms with E-state index in [0.29, 0.717) is 17.1 Å². The predicted octanol–water partition coefficient (Wildman–Crippen LogP) is 1.56. The Morgan fingerprint density at radius 3 is 2.62 bits per heavy atom. The van der Waals surface area contributed by atoms with E-state index in [2.05, 4.69) is 4.98 Å². The highest BCUT2D eigenvalue weighted by Gasteiger charge is 2.24. The molecule has 0 fully saturated rings. The molecule has 0 spiro atoms. The molecule has 1 aromatic heterocycles. The molecule has 0 amide bonds. The van der Waals surface area contributed by atoms with Crippen molar-refractivity contribution in [2.24, 2.45) is 7.05 Å². The molecule has 2 aromatic rings. The molecule has 1 heterocycles. The van der Waals surface area contributed by atoms with Crippen LogP contribution in [-0.2, 0) is 23.6 Å². The number of aromatic nitrogens is 2. The number of rotatable bonds is 5. The summed E-state index contributed by atoms with van der Waals surface area (Å²) in [5.41, 5.74) is 0.654. The van der Waals surface area contributed by atoms with Crippen LogP contribution in [0.15, 0.2) is 35.5 Å². The molecule has 0 bridgehead atoms. The first kappa shape index (κ1) is 15.5. The molecule has 0 unspecified atom stereocenters. The van der Waals surface area contributed by atoms with Crippen LogP contribution in [0, 0.1) is 6.92 Å². The van der Waals surface area contributed by atoms with Gasteiger partial charge in [-0.1, -0.05) is 0 Å². The van der Waals surface area contributed by atoms with Gasteiger partial charge >= 0.3 is 0 Å². The number of nitrogens with zero attached hydrogens (tertiary/aromatic N) is 3. The van der Waals surface area contributed by atoms with Crippen molar-refractivity contribution in [2.45, 2.75) is 18.4 Å². The van der Waals surface area contributed by atoms with Crippen LogP contribution in [0.3, 0.4) is 0 Å². The Morgan fingerprint density at radius 1 is 1.38 bits per heavy atom. The molecule has 2 rings (SSSR count). The third-order valence-corrected chi connectivity index (χ3v) is 5.32. The predicted molar refractivity (Wildman–Crippen MR) is 79.6 cm³/mol. The van der Waals surface area contributed by atoms with Crippen molar-refractivity contribution in [2.75, 3.05) is 14.2 Å². The number of hydrogen-bond donors (Lipinski definition) is 0. The Morgan fingerprint density at radius 2 is 2.10 bits per heavy atom. The zero-order valence-electron chi connectivity index (χ0n) is 12.6. The van der Waals surface area contributed by atoms with Gasteiger partial charge in [-0.05, 0) is 30.7 Å². The van der Waals surface area contributed by atoms with E-state index in [-0.39, 0.29) is 11.4 Å². The summed E-state index contributed by atoms with van der Waals surface area (Å²) >= 11 is 0. The number of ether oxygens (including phenoxy) is 1. The Labute approximate surface area is 125 Å². The largest absolute Gasteiger partial charge is 0.497 e. The molecule has 7 heteroatoms. The molecule has 0 N–H and O–H groups in total. The van der Waals surface area contributed by atoms with Crippen LogP contribution in [0.2, 0.25) is 0 Å². The minimum absolute atomic E-state index is 0.220. The first-order chi connectivity index (χ1) is 9.86. The van der Waals surface area contributed by atoms with Gasteiger partial charge in [-0.2, -0.15) is 4.31 Å². The van der Waals surface area contributed by atoms with Gasteiger partial charge in [-0.15, -0.1) is 0 Å². The van der Waals surface area contributed by atoms with Gasteiger partial charge in [0.25, 0.3) is 0 Å². The topological polar surface area (TPSA) is 64.4 Å². The minimum Gasteiger partial charge on any atom is -0.497 e. The molecular formula is C14H19N3O3S. The van der Waals surface area contributed by atoms with E-state index in [9.17, 15) is 8.42 Å². The standard InChI is InChI=1S/C14H19N3O3S/c1-11-9-12(20-4)5-6-13(11)21(18,19)17(3)10-14-15-7-8-16(14)2/h5-9H,10H2,1-4H3. The normalized spacial score (nSPS) is 11.9. The molecule has 21 heavy (non-hydrogen) atoms. The van der Waals surface area contributed by atoms with Gasteiger partial charge < -0.3 is 9.30 Å². The fraction of sp³-hybridized carbons (Fsp3) is 0.357. The average Bonchev–Trinajstić information content (AvgIpc) is 2.83. The van der Waals surface area contributed by atoms with Gasteiger partial charge in [0.15, 0.2) is 0 Å². The van der Waals surface area contributed by atoms with Gasteiger partial charge in [0.1, 0.15) is 11.6 Å². The summed E-state index contributed by atoms with van der Waals surface area (Å²) in [5, 5.41) is 0. The number of benzene rings is 1. The van der Waals surface area contributed by atoms with Crippen molar-refractivity contribution in [3.63, 3.8) is 0 Å². The van der Waals surface area contributed by atoms with E-state index < -0.39 is 10.0 Å². The molecule has 0 saturated heterocycles. The molecule has 114 valence electrons. The van der Waals surface area contributed by atoms with Crippen molar-refractivity contribution in [1.29, 1.82) is 0 Å². The maximum Gasteiger partial charge on any atom is 0.243 e. The number of methoxy groups -OCH3 is 1. The monoisotopic (exact) mass is 309 g/mol. The summed E-state index contributed by atoms with van der Waals surface area (Å²) in [6.45, 7) is 1.97. The molecule has 0 aliphatic rings. The quantitative estimate of drug-likeness (QED) is 0.841. The van der Waals surface area contributed by atoms with Crippen LogP contribution >= 0.6 is 0 Å². The Bertz CT molecular complexity index is 738. The average molecular weight is 309 g/mol. The van der Waals surface area contributed by atoms with E-state index >= 15 is 0 Å². The van der Waals surface area contributed by atoms with Crippen LogP contribution in [0.4, 0.5) is 0 Å². The SMILES string of the molecule is COc1ccc(S(=O)(=O)N(C)Cc2nccn2C)c(C)c1. The number of hydrogen-bond acceptors (Lipinski definition) is 4. The Balaban J connectivity index is 2.31. The molecule has 6 nitrogen and oxygen atoms in total. The van der Waals surface area contributed by atoms with Crippen molar-refractivity contribution >= 4 is 10.0 Å². The van der Waals surface area contributed by atoms with Gasteiger partial charge in [-0.3, -0.25) is 0 Å². The second kappa shape index (κ2) is 5.87. The minimum atomic E-state index is -3.56. The molecule has 0 radical (unpaired) electrons. The van der Waals surface area contributed by atoms with E-state index in [1.807, 2.05) is 7.05 Å². The Kier molecular flexibility index (Phi) is 4.34. The van der Waals surface area contributed by atoms with Crippen molar-refractivity contribution in [1.82, 2.24) is 13.9 Å². The van der Waals surface area contributed by atoms with E-state index in [4.69, 9.17) is 4.74 Å². The number of imidazole rings is 1. The first-order valence-corrected chi connectivity index (χ1v) is 7.87. The molecule has 0 saturated carbocycles. The van der Waals surface area contributed by atoms with E-state index in [0.717, 1.165) is 0 Å². The number of aryl methyl sites for hydroxylation is 2. The molecule has 0 atom stereocenters. The Hall–Kier alpha value is -1.86. The maximum atomic E-state index is 12.6. The lowest BCUT2D eigenvalue weighted by Gasteiger charge is -2.18. The molecule has 0 aliphatic heterocycles. The highest BCUT2D eigenvalue weighted by molar-refractivity contribution is 7.89. The van der Waals surface area contributed by atoms with Crippen molar-refractivity contribution in [3.8, 4) is 5.75 Å². The van der Waals surface area contributed by atoms with Gasteiger partial charge in [-0.25, -0.2) is 13.4 Å². The summed E-state index contributed by atoms with van der Waals surface area (Å²) in [6.07, 6.45) is 3.43. The number of sulfonamides is 1. The first-order valence-electron chi connectivity index (χ1n) is 6.43. The summed E-state index contributed by atoms with van der Waals surface area (Å²) in [4.78, 5) is 4.43. The molecule has 0 aliphatic carbocycles. The summed E-state index contributed by atoms with van der Waals surface area (Å²) < 4.78 is 33.5. The van der Waals surface area contributed by atoms with Crippen molar-refractivity contribution < 1.29 is 13.2 Å². The second-order valence-corrected chi connectivity index (χ2v) is 6.86. The lowest BCUT2D eigenvalue weighted by Crippen LogP contribution is -2.28. The van der Waals surface area contributed by atoms with Crippen molar-refractivity contribution in [3.05, 3.63) is 42.0 Å². The van der Waals surface area contributed by atoms with Crippen LogP contribution in [-0.4, -0.2) is 36.4 Å². The lowest BCUT2D eigenvalue weighted by molar-refractivity contribution is 0.413. The third kappa shape index (κ3) is 3.08. The van der Waals surface area contributed by atoms with Crippen LogP contribution in [0.5, 0.6) is 5.75 Å². The maximum absolute atomic E-state index is 12.6. The third-order valence-electron chi connectivity index (χ3n) is 3.36. The zero-order chi connectivity index (χ0) is 15.6. The highest BCUT2D eigenvalue weighted by atomic mass is 32.2. The highest BCUT2D eigenvalue weighted by Crippen LogP contribution is 2.24. The van der Waals surface area contributed by atoms with Gasteiger partial charge in [0.2, 0.25) is 10.0 Å². The van der Waals surface area contributed by atoms with E-state index in [1.54, 1.807) is 56.2 Å². The summed E-state index contributed by atoms with van der Waals surface area (Å²) in [6, 6.07) is 4.93. The zero-order valence-corrected chi connectivity index (χ0v) is 13.4. The summed E-state index contributed by atoms with van der Waals surface area (Å²) in [5.74, 6) is 1.32. The van der Waals surface area contributed by atoms with Crippen LogP contribution in [0.1, 0.15) is 11.4 Å².